The maximum Gasteiger partial charge on any atom is 0.154 e. The van der Waals surface area contributed by atoms with Gasteiger partial charge in [0.1, 0.15) is 0 Å². The summed E-state index contributed by atoms with van der Waals surface area (Å²) in [5, 5.41) is 0. The smallest absolute Gasteiger partial charge is 0.154 e. The highest BCUT2D eigenvalue weighted by atomic mass is 35.5. The first kappa shape index (κ1) is 16.5. The molecule has 1 unspecified atom stereocenters. The third-order valence-electron chi connectivity index (χ3n) is 3.19. The van der Waals surface area contributed by atoms with Crippen LogP contribution in [0.25, 0.3) is 0 Å². The summed E-state index contributed by atoms with van der Waals surface area (Å²) in [6.07, 6.45) is 1.57. The lowest BCUT2D eigenvalue weighted by Crippen LogP contribution is -2.12. The molecule has 0 N–H and O–H groups in total. The lowest BCUT2D eigenvalue weighted by Gasteiger charge is -2.10. The molecule has 1 aromatic rings. The number of alkyl halides is 1. The van der Waals surface area contributed by atoms with Crippen molar-refractivity contribution >= 4 is 21.4 Å². The number of aryl methyl sites for hydroxylation is 2. The van der Waals surface area contributed by atoms with E-state index in [1.165, 1.54) is 0 Å². The van der Waals surface area contributed by atoms with Crippen molar-refractivity contribution < 1.29 is 8.42 Å². The van der Waals surface area contributed by atoms with E-state index in [1.807, 2.05) is 26.0 Å². The predicted octanol–water partition coefficient (Wildman–Crippen LogP) is 3.87. The SMILES string of the molecule is Cc1cc(C)cc(CS(=O)(=O)CCC(C)CCCl)c1. The molecule has 0 aromatic heterocycles. The van der Waals surface area contributed by atoms with E-state index >= 15 is 0 Å². The average molecular weight is 303 g/mol. The second-order valence-electron chi connectivity index (χ2n) is 5.46. The fraction of sp³-hybridized carbons (Fsp3) is 0.600. The van der Waals surface area contributed by atoms with E-state index in [4.69, 9.17) is 11.6 Å². The first-order valence-electron chi connectivity index (χ1n) is 6.66. The monoisotopic (exact) mass is 302 g/mol. The Labute approximate surface area is 122 Å². The average Bonchev–Trinajstić information content (AvgIpc) is 2.25. The summed E-state index contributed by atoms with van der Waals surface area (Å²) in [5.74, 6) is 1.35. The number of hydrogen-bond donors (Lipinski definition) is 0. The molecule has 1 rings (SSSR count). The van der Waals surface area contributed by atoms with Crippen molar-refractivity contribution in [3.8, 4) is 0 Å². The zero-order valence-electron chi connectivity index (χ0n) is 11.9. The molecule has 0 saturated heterocycles. The van der Waals surface area contributed by atoms with E-state index in [1.54, 1.807) is 0 Å². The normalized spacial score (nSPS) is 13.5. The molecule has 0 fully saturated rings. The highest BCUT2D eigenvalue weighted by molar-refractivity contribution is 7.90. The summed E-state index contributed by atoms with van der Waals surface area (Å²) in [5.41, 5.74) is 3.11. The van der Waals surface area contributed by atoms with Crippen molar-refractivity contribution in [2.75, 3.05) is 11.6 Å². The van der Waals surface area contributed by atoms with Gasteiger partial charge in [-0.15, -0.1) is 11.6 Å². The van der Waals surface area contributed by atoms with Crippen LogP contribution in [0.2, 0.25) is 0 Å². The van der Waals surface area contributed by atoms with Crippen molar-refractivity contribution in [2.45, 2.75) is 39.4 Å². The summed E-state index contributed by atoms with van der Waals surface area (Å²) in [6.45, 7) is 6.03. The fourth-order valence-corrected chi connectivity index (χ4v) is 4.14. The molecule has 4 heteroatoms. The quantitative estimate of drug-likeness (QED) is 0.716. The topological polar surface area (TPSA) is 34.1 Å². The van der Waals surface area contributed by atoms with Crippen LogP contribution in [0.5, 0.6) is 0 Å². The molecular formula is C15H23ClO2S. The second-order valence-corrected chi connectivity index (χ2v) is 8.02. The Morgan fingerprint density at radius 1 is 1.11 bits per heavy atom. The molecule has 0 heterocycles. The van der Waals surface area contributed by atoms with Crippen LogP contribution in [0.3, 0.4) is 0 Å². The molecule has 0 amide bonds. The maximum absolute atomic E-state index is 12.1. The molecule has 0 spiro atoms. The predicted molar refractivity (Wildman–Crippen MR) is 82.5 cm³/mol. The fourth-order valence-electron chi connectivity index (χ4n) is 2.19. The van der Waals surface area contributed by atoms with Crippen LogP contribution in [0, 0.1) is 19.8 Å². The highest BCUT2D eigenvalue weighted by Gasteiger charge is 2.14. The van der Waals surface area contributed by atoms with Crippen LogP contribution in [0.15, 0.2) is 18.2 Å². The van der Waals surface area contributed by atoms with Crippen molar-refractivity contribution in [2.24, 2.45) is 5.92 Å². The summed E-state index contributed by atoms with van der Waals surface area (Å²) >= 11 is 5.66. The van der Waals surface area contributed by atoms with Gasteiger partial charge in [-0.25, -0.2) is 8.42 Å². The molecule has 1 atom stereocenters. The second kappa shape index (κ2) is 7.30. The minimum atomic E-state index is -3.02. The number of sulfone groups is 1. The van der Waals surface area contributed by atoms with Gasteiger partial charge in [-0.05, 0) is 38.2 Å². The van der Waals surface area contributed by atoms with Crippen LogP contribution in [-0.2, 0) is 15.6 Å². The van der Waals surface area contributed by atoms with Crippen LogP contribution >= 0.6 is 11.6 Å². The summed E-state index contributed by atoms with van der Waals surface area (Å²) < 4.78 is 24.2. The van der Waals surface area contributed by atoms with Gasteiger partial charge in [-0.1, -0.05) is 36.2 Å². The van der Waals surface area contributed by atoms with Gasteiger partial charge < -0.3 is 0 Å². The Hall–Kier alpha value is -0.540. The van der Waals surface area contributed by atoms with Crippen molar-refractivity contribution in [1.82, 2.24) is 0 Å². The number of halogens is 1. The standard InChI is InChI=1S/C15H23ClO2S/c1-12(4-6-16)5-7-19(17,18)11-15-9-13(2)8-14(3)10-15/h8-10,12H,4-7,11H2,1-3H3. The van der Waals surface area contributed by atoms with E-state index in [9.17, 15) is 8.42 Å². The van der Waals surface area contributed by atoms with E-state index in [0.29, 0.717) is 18.2 Å². The van der Waals surface area contributed by atoms with Gasteiger partial charge in [0, 0.05) is 5.88 Å². The van der Waals surface area contributed by atoms with E-state index in [-0.39, 0.29) is 11.5 Å². The minimum absolute atomic E-state index is 0.142. The van der Waals surface area contributed by atoms with Crippen molar-refractivity contribution in [1.29, 1.82) is 0 Å². The third-order valence-corrected chi connectivity index (χ3v) is 5.04. The van der Waals surface area contributed by atoms with Crippen LogP contribution < -0.4 is 0 Å². The molecule has 2 nitrogen and oxygen atoms in total. The van der Waals surface area contributed by atoms with Gasteiger partial charge in [-0.3, -0.25) is 0 Å². The van der Waals surface area contributed by atoms with E-state index < -0.39 is 9.84 Å². The molecule has 0 bridgehead atoms. The van der Waals surface area contributed by atoms with E-state index in [0.717, 1.165) is 23.1 Å². The van der Waals surface area contributed by atoms with E-state index in [2.05, 4.69) is 13.0 Å². The molecule has 19 heavy (non-hydrogen) atoms. The van der Waals surface area contributed by atoms with Gasteiger partial charge in [0.05, 0.1) is 11.5 Å². The molecule has 0 aliphatic heterocycles. The molecule has 1 aromatic carbocycles. The lowest BCUT2D eigenvalue weighted by molar-refractivity contribution is 0.534. The summed E-state index contributed by atoms with van der Waals surface area (Å²) in [6, 6.07) is 5.96. The van der Waals surface area contributed by atoms with Crippen molar-refractivity contribution in [3.05, 3.63) is 34.9 Å². The first-order valence-corrected chi connectivity index (χ1v) is 9.01. The lowest BCUT2D eigenvalue weighted by atomic mass is 10.1. The highest BCUT2D eigenvalue weighted by Crippen LogP contribution is 2.15. The van der Waals surface area contributed by atoms with Crippen molar-refractivity contribution in [3.63, 3.8) is 0 Å². The van der Waals surface area contributed by atoms with Crippen LogP contribution in [0.4, 0.5) is 0 Å². The first-order chi connectivity index (χ1) is 8.82. The largest absolute Gasteiger partial charge is 0.228 e. The number of rotatable bonds is 7. The molecule has 108 valence electrons. The summed E-state index contributed by atoms with van der Waals surface area (Å²) in [7, 11) is -3.02. The zero-order chi connectivity index (χ0) is 14.5. The molecule has 0 saturated carbocycles. The molecule has 0 aliphatic rings. The van der Waals surface area contributed by atoms with Gasteiger partial charge >= 0.3 is 0 Å². The van der Waals surface area contributed by atoms with Gasteiger partial charge in [0.15, 0.2) is 9.84 Å². The van der Waals surface area contributed by atoms with Gasteiger partial charge in [-0.2, -0.15) is 0 Å². The van der Waals surface area contributed by atoms with Gasteiger partial charge in [0.25, 0.3) is 0 Å². The van der Waals surface area contributed by atoms with Crippen LogP contribution in [-0.4, -0.2) is 20.1 Å². The Morgan fingerprint density at radius 2 is 1.68 bits per heavy atom. The number of hydrogen-bond acceptors (Lipinski definition) is 2. The maximum atomic E-state index is 12.1. The summed E-state index contributed by atoms with van der Waals surface area (Å²) in [4.78, 5) is 0. The zero-order valence-corrected chi connectivity index (χ0v) is 13.5. The van der Waals surface area contributed by atoms with Gasteiger partial charge in [0.2, 0.25) is 0 Å². The molecule has 0 aliphatic carbocycles. The van der Waals surface area contributed by atoms with Crippen LogP contribution in [0.1, 0.15) is 36.5 Å². The minimum Gasteiger partial charge on any atom is -0.228 e. The Balaban J connectivity index is 2.63. The number of benzene rings is 1. The third kappa shape index (κ3) is 6.44. The Bertz CT molecular complexity index is 489. The molecular weight excluding hydrogens is 280 g/mol. The molecule has 0 radical (unpaired) electrons. The Kier molecular flexibility index (Phi) is 6.34. The Morgan fingerprint density at radius 3 is 2.21 bits per heavy atom.